The van der Waals surface area contributed by atoms with Gasteiger partial charge in [0.1, 0.15) is 5.82 Å². The van der Waals surface area contributed by atoms with Crippen molar-refractivity contribution in [3.63, 3.8) is 0 Å². The molecule has 25 heavy (non-hydrogen) atoms. The van der Waals surface area contributed by atoms with Crippen molar-refractivity contribution >= 4 is 11.5 Å². The maximum Gasteiger partial charge on any atom is 0.160 e. The molecule has 1 unspecified atom stereocenters. The summed E-state index contributed by atoms with van der Waals surface area (Å²) < 4.78 is 1.94. The van der Waals surface area contributed by atoms with Crippen molar-refractivity contribution in [1.82, 2.24) is 19.5 Å². The maximum absolute atomic E-state index is 4.65. The maximum atomic E-state index is 4.65. The molecule has 1 atom stereocenters. The predicted octanol–water partition coefficient (Wildman–Crippen LogP) is 3.12. The number of rotatable bonds is 3. The number of likely N-dealkylation sites (N-methyl/N-ethyl adjacent to an activating group) is 1. The van der Waals surface area contributed by atoms with E-state index in [1.807, 2.05) is 18.4 Å². The number of anilines is 1. The first kappa shape index (κ1) is 16.1. The Bertz CT molecular complexity index is 927. The normalized spacial score (nSPS) is 17.7. The predicted molar refractivity (Wildman–Crippen MR) is 101 cm³/mol. The first-order valence-electron chi connectivity index (χ1n) is 8.87. The van der Waals surface area contributed by atoms with Crippen molar-refractivity contribution < 1.29 is 0 Å². The number of fused-ring (bicyclic) bond motifs is 2. The Kier molecular flexibility index (Phi) is 3.96. The van der Waals surface area contributed by atoms with E-state index in [0.717, 1.165) is 47.9 Å². The van der Waals surface area contributed by atoms with Gasteiger partial charge in [-0.15, -0.1) is 0 Å². The molecule has 4 rings (SSSR count). The summed E-state index contributed by atoms with van der Waals surface area (Å²) in [5.74, 6) is 1.02. The quantitative estimate of drug-likeness (QED) is 0.799. The van der Waals surface area contributed by atoms with E-state index in [9.17, 15) is 0 Å². The summed E-state index contributed by atoms with van der Waals surface area (Å²) in [5.41, 5.74) is 7.05. The van der Waals surface area contributed by atoms with Crippen LogP contribution in [0.1, 0.15) is 28.1 Å². The smallest absolute Gasteiger partial charge is 0.160 e. The van der Waals surface area contributed by atoms with E-state index < -0.39 is 0 Å². The lowest BCUT2D eigenvalue weighted by Gasteiger charge is -2.34. The van der Waals surface area contributed by atoms with E-state index in [1.54, 1.807) is 0 Å². The van der Waals surface area contributed by atoms with Gasteiger partial charge in [0, 0.05) is 36.5 Å². The molecule has 5 nitrogen and oxygen atoms in total. The van der Waals surface area contributed by atoms with Crippen LogP contribution in [0.3, 0.4) is 0 Å². The van der Waals surface area contributed by atoms with Crippen LogP contribution in [-0.4, -0.2) is 39.1 Å². The molecule has 0 saturated carbocycles. The number of hydrogen-bond donors (Lipinski definition) is 1. The third-order valence-corrected chi connectivity index (χ3v) is 5.32. The molecule has 3 aromatic rings. The van der Waals surface area contributed by atoms with Crippen LogP contribution in [0.15, 0.2) is 30.3 Å². The molecule has 0 spiro atoms. The lowest BCUT2D eigenvalue weighted by atomic mass is 9.94. The third-order valence-electron chi connectivity index (χ3n) is 5.32. The van der Waals surface area contributed by atoms with Crippen LogP contribution >= 0.6 is 0 Å². The van der Waals surface area contributed by atoms with Gasteiger partial charge in [0.05, 0.1) is 5.69 Å². The van der Waals surface area contributed by atoms with Crippen LogP contribution in [0.5, 0.6) is 0 Å². The van der Waals surface area contributed by atoms with E-state index in [0.29, 0.717) is 6.04 Å². The van der Waals surface area contributed by atoms with Gasteiger partial charge >= 0.3 is 0 Å². The number of benzene rings is 1. The van der Waals surface area contributed by atoms with Gasteiger partial charge in [-0.25, -0.2) is 4.98 Å². The zero-order valence-corrected chi connectivity index (χ0v) is 15.4. The lowest BCUT2D eigenvalue weighted by molar-refractivity contribution is 0.224. The topological polar surface area (TPSA) is 45.5 Å². The molecule has 0 fully saturated rings. The molecule has 1 N–H and O–H groups in total. The van der Waals surface area contributed by atoms with Gasteiger partial charge in [-0.1, -0.05) is 24.3 Å². The minimum absolute atomic E-state index is 0.469. The Hall–Kier alpha value is -2.40. The molecule has 0 bridgehead atoms. The molecule has 5 heteroatoms. The summed E-state index contributed by atoms with van der Waals surface area (Å²) in [6, 6.07) is 11.3. The van der Waals surface area contributed by atoms with Crippen molar-refractivity contribution in [2.24, 2.45) is 0 Å². The van der Waals surface area contributed by atoms with Gasteiger partial charge in [0.15, 0.2) is 5.65 Å². The molecule has 1 aliphatic rings. The number of aromatic nitrogens is 3. The van der Waals surface area contributed by atoms with Gasteiger partial charge in [-0.3, -0.25) is 4.90 Å². The summed E-state index contributed by atoms with van der Waals surface area (Å²) in [5, 5.41) is 8.27. The summed E-state index contributed by atoms with van der Waals surface area (Å²) in [6.07, 6.45) is 1.07. The van der Waals surface area contributed by atoms with Crippen LogP contribution in [0.2, 0.25) is 0 Å². The molecule has 0 radical (unpaired) electrons. The van der Waals surface area contributed by atoms with Gasteiger partial charge in [0.2, 0.25) is 0 Å². The summed E-state index contributed by atoms with van der Waals surface area (Å²) >= 11 is 0. The van der Waals surface area contributed by atoms with Gasteiger partial charge in [0.25, 0.3) is 0 Å². The Morgan fingerprint density at radius 2 is 1.92 bits per heavy atom. The standard InChI is InChI=1S/C20H25N5/c1-13-9-19(25-20(22-13)14(2)15(3)23-25)21-11-18-10-16-7-5-6-8-17(16)12-24(18)4/h5-9,18,21H,10-12H2,1-4H3. The third kappa shape index (κ3) is 2.89. The van der Waals surface area contributed by atoms with E-state index in [-0.39, 0.29) is 0 Å². The fourth-order valence-corrected chi connectivity index (χ4v) is 3.65. The van der Waals surface area contributed by atoms with Crippen LogP contribution < -0.4 is 5.32 Å². The average molecular weight is 335 g/mol. The number of nitrogens with one attached hydrogen (secondary N) is 1. The summed E-state index contributed by atoms with van der Waals surface area (Å²) in [7, 11) is 2.21. The summed E-state index contributed by atoms with van der Waals surface area (Å²) in [6.45, 7) is 8.05. The fourth-order valence-electron chi connectivity index (χ4n) is 3.65. The Balaban J connectivity index is 1.58. The molecule has 1 aliphatic heterocycles. The Morgan fingerprint density at radius 1 is 1.16 bits per heavy atom. The second kappa shape index (κ2) is 6.15. The monoisotopic (exact) mass is 335 g/mol. The first-order chi connectivity index (χ1) is 12.0. The second-order valence-corrected chi connectivity index (χ2v) is 7.15. The van der Waals surface area contributed by atoms with Crippen molar-refractivity contribution in [1.29, 1.82) is 0 Å². The molecule has 0 amide bonds. The fraction of sp³-hybridized carbons (Fsp3) is 0.400. The van der Waals surface area contributed by atoms with E-state index >= 15 is 0 Å². The van der Waals surface area contributed by atoms with Crippen LogP contribution in [0.25, 0.3) is 5.65 Å². The highest BCUT2D eigenvalue weighted by atomic mass is 15.3. The zero-order chi connectivity index (χ0) is 17.6. The van der Waals surface area contributed by atoms with Crippen LogP contribution in [0.4, 0.5) is 5.82 Å². The minimum atomic E-state index is 0.469. The molecule has 1 aromatic carbocycles. The lowest BCUT2D eigenvalue weighted by Crippen LogP contribution is -2.42. The van der Waals surface area contributed by atoms with Crippen LogP contribution in [0, 0.1) is 20.8 Å². The average Bonchev–Trinajstić information content (AvgIpc) is 2.88. The minimum Gasteiger partial charge on any atom is -0.368 e. The molecule has 3 heterocycles. The van der Waals surface area contributed by atoms with Gasteiger partial charge in [-0.2, -0.15) is 9.61 Å². The zero-order valence-electron chi connectivity index (χ0n) is 15.4. The first-order valence-corrected chi connectivity index (χ1v) is 8.87. The molecule has 2 aromatic heterocycles. The van der Waals surface area contributed by atoms with Gasteiger partial charge in [-0.05, 0) is 45.4 Å². The molecule has 0 saturated heterocycles. The van der Waals surface area contributed by atoms with E-state index in [2.05, 4.69) is 64.6 Å². The Morgan fingerprint density at radius 3 is 2.72 bits per heavy atom. The van der Waals surface area contributed by atoms with E-state index in [4.69, 9.17) is 0 Å². The Labute approximate surface area is 148 Å². The largest absolute Gasteiger partial charge is 0.368 e. The van der Waals surface area contributed by atoms with Crippen LogP contribution in [-0.2, 0) is 13.0 Å². The SMILES string of the molecule is Cc1cc(NCC2Cc3ccccc3CN2C)n2nc(C)c(C)c2n1. The van der Waals surface area contributed by atoms with Crippen molar-refractivity contribution in [2.75, 3.05) is 18.9 Å². The van der Waals surface area contributed by atoms with E-state index in [1.165, 1.54) is 11.1 Å². The molecule has 130 valence electrons. The van der Waals surface area contributed by atoms with Crippen molar-refractivity contribution in [3.8, 4) is 0 Å². The highest BCUT2D eigenvalue weighted by Crippen LogP contribution is 2.23. The molecular weight excluding hydrogens is 310 g/mol. The van der Waals surface area contributed by atoms with Gasteiger partial charge < -0.3 is 5.32 Å². The molecule has 0 aliphatic carbocycles. The number of hydrogen-bond acceptors (Lipinski definition) is 4. The van der Waals surface area contributed by atoms with Crippen molar-refractivity contribution in [3.05, 3.63) is 58.4 Å². The number of nitrogens with zero attached hydrogens (tertiary/aromatic N) is 4. The number of aryl methyl sites for hydroxylation is 3. The second-order valence-electron chi connectivity index (χ2n) is 7.15. The summed E-state index contributed by atoms with van der Waals surface area (Å²) in [4.78, 5) is 7.08. The van der Waals surface area contributed by atoms with Crippen molar-refractivity contribution in [2.45, 2.75) is 39.8 Å². The highest BCUT2D eigenvalue weighted by molar-refractivity contribution is 5.56. The highest BCUT2D eigenvalue weighted by Gasteiger charge is 2.23. The molecular formula is C20H25N5.